The zero-order valence-electron chi connectivity index (χ0n) is 7.71. The van der Waals surface area contributed by atoms with Crippen molar-refractivity contribution in [3.05, 3.63) is 39.8 Å². The van der Waals surface area contributed by atoms with Crippen LogP contribution in [0.5, 0.6) is 0 Å². The van der Waals surface area contributed by atoms with Gasteiger partial charge in [0.25, 0.3) is 0 Å². The van der Waals surface area contributed by atoms with Gasteiger partial charge in [-0.25, -0.2) is 4.98 Å². The van der Waals surface area contributed by atoms with E-state index in [1.165, 1.54) is 6.39 Å². The second-order valence-corrected chi connectivity index (χ2v) is 4.22. The van der Waals surface area contributed by atoms with Crippen molar-refractivity contribution in [3.8, 4) is 11.3 Å². The van der Waals surface area contributed by atoms with Gasteiger partial charge >= 0.3 is 0 Å². The number of nitrogens with two attached hydrogens (primary N) is 1. The van der Waals surface area contributed by atoms with Crippen molar-refractivity contribution in [1.29, 1.82) is 0 Å². The van der Waals surface area contributed by atoms with Crippen LogP contribution in [-0.2, 0) is 6.54 Å². The molecule has 0 saturated heterocycles. The highest BCUT2D eigenvalue weighted by atomic mass is 79.9. The molecule has 1 aromatic carbocycles. The molecule has 2 N–H and O–H groups in total. The molecule has 15 heavy (non-hydrogen) atoms. The van der Waals surface area contributed by atoms with E-state index in [9.17, 15) is 0 Å². The largest absolute Gasteiger partial charge is 0.443 e. The van der Waals surface area contributed by atoms with Gasteiger partial charge in [-0.1, -0.05) is 11.6 Å². The van der Waals surface area contributed by atoms with E-state index >= 15 is 0 Å². The molecule has 2 rings (SSSR count). The van der Waals surface area contributed by atoms with Crippen molar-refractivity contribution >= 4 is 27.5 Å². The van der Waals surface area contributed by atoms with Crippen LogP contribution in [0.15, 0.2) is 33.5 Å². The number of rotatable bonds is 2. The van der Waals surface area contributed by atoms with Crippen LogP contribution >= 0.6 is 27.5 Å². The quantitative estimate of drug-likeness (QED) is 0.922. The van der Waals surface area contributed by atoms with Gasteiger partial charge in [0.15, 0.2) is 12.2 Å². The van der Waals surface area contributed by atoms with Gasteiger partial charge in [-0.15, -0.1) is 0 Å². The summed E-state index contributed by atoms with van der Waals surface area (Å²) in [5.41, 5.74) is 7.14. The maximum atomic E-state index is 5.99. The third-order valence-corrected chi connectivity index (χ3v) is 3.25. The molecule has 1 aromatic heterocycles. The third-order valence-electron chi connectivity index (χ3n) is 2.02. The van der Waals surface area contributed by atoms with Gasteiger partial charge in [0, 0.05) is 16.6 Å². The van der Waals surface area contributed by atoms with E-state index < -0.39 is 0 Å². The summed E-state index contributed by atoms with van der Waals surface area (Å²) >= 11 is 9.31. The third kappa shape index (κ3) is 2.07. The summed E-state index contributed by atoms with van der Waals surface area (Å²) in [6.45, 7) is 0.347. The Bertz CT molecular complexity index is 484. The lowest BCUT2D eigenvalue weighted by molar-refractivity contribution is 0.571. The van der Waals surface area contributed by atoms with E-state index in [1.54, 1.807) is 0 Å². The zero-order valence-corrected chi connectivity index (χ0v) is 10.0. The van der Waals surface area contributed by atoms with Crippen LogP contribution in [0.2, 0.25) is 5.02 Å². The van der Waals surface area contributed by atoms with E-state index in [2.05, 4.69) is 20.9 Å². The van der Waals surface area contributed by atoms with Gasteiger partial charge in [0.2, 0.25) is 0 Å². The minimum absolute atomic E-state index is 0.347. The summed E-state index contributed by atoms with van der Waals surface area (Å²) in [7, 11) is 0. The Hall–Kier alpha value is -0.840. The molecule has 0 aliphatic heterocycles. The number of nitrogens with zero attached hydrogens (tertiary/aromatic N) is 1. The Morgan fingerprint density at radius 3 is 2.93 bits per heavy atom. The summed E-state index contributed by atoms with van der Waals surface area (Å²) in [6, 6.07) is 5.57. The fraction of sp³-hybridized carbons (Fsp3) is 0.100. The average molecular weight is 288 g/mol. The van der Waals surface area contributed by atoms with Crippen molar-refractivity contribution in [1.82, 2.24) is 4.98 Å². The molecule has 0 aliphatic carbocycles. The highest BCUT2D eigenvalue weighted by molar-refractivity contribution is 9.10. The van der Waals surface area contributed by atoms with Crippen LogP contribution < -0.4 is 5.73 Å². The minimum Gasteiger partial charge on any atom is -0.443 e. The minimum atomic E-state index is 0.347. The Kier molecular flexibility index (Phi) is 3.09. The highest BCUT2D eigenvalue weighted by Gasteiger charge is 2.10. The lowest BCUT2D eigenvalue weighted by Crippen LogP contribution is -1.98. The van der Waals surface area contributed by atoms with Crippen LogP contribution in [0.3, 0.4) is 0 Å². The summed E-state index contributed by atoms with van der Waals surface area (Å²) in [5, 5.41) is 0.631. The van der Waals surface area contributed by atoms with E-state index in [4.69, 9.17) is 21.8 Å². The second-order valence-electron chi connectivity index (χ2n) is 2.96. The Balaban J connectivity index is 2.50. The maximum absolute atomic E-state index is 5.99. The van der Waals surface area contributed by atoms with Crippen LogP contribution in [0.25, 0.3) is 11.3 Å². The molecule has 0 radical (unpaired) electrons. The SMILES string of the molecule is NCc1ncoc1-c1ccc(Br)c(Cl)c1. The molecule has 0 aliphatic rings. The lowest BCUT2D eigenvalue weighted by atomic mass is 10.1. The zero-order chi connectivity index (χ0) is 10.8. The summed E-state index contributed by atoms with van der Waals surface area (Å²) in [6.07, 6.45) is 1.38. The molecular weight excluding hydrogens is 279 g/mol. The van der Waals surface area contributed by atoms with Gasteiger partial charge in [-0.05, 0) is 34.1 Å². The fourth-order valence-corrected chi connectivity index (χ4v) is 1.71. The topological polar surface area (TPSA) is 52.0 Å². The number of benzene rings is 1. The number of oxazole rings is 1. The van der Waals surface area contributed by atoms with Gasteiger partial charge in [0.1, 0.15) is 5.69 Å². The molecule has 0 bridgehead atoms. The predicted molar refractivity (Wildman–Crippen MR) is 62.5 cm³/mol. The Morgan fingerprint density at radius 2 is 2.27 bits per heavy atom. The van der Waals surface area contributed by atoms with Crippen molar-refractivity contribution in [2.24, 2.45) is 5.73 Å². The standard InChI is InChI=1S/C10H8BrClN2O/c11-7-2-1-6(3-8(7)12)10-9(4-13)14-5-15-10/h1-3,5H,4,13H2. The first-order chi connectivity index (χ1) is 7.22. The molecule has 0 spiro atoms. The first kappa shape index (κ1) is 10.7. The lowest BCUT2D eigenvalue weighted by Gasteiger charge is -2.01. The van der Waals surface area contributed by atoms with Gasteiger partial charge < -0.3 is 10.2 Å². The highest BCUT2D eigenvalue weighted by Crippen LogP contribution is 2.30. The van der Waals surface area contributed by atoms with Crippen LogP contribution in [0.1, 0.15) is 5.69 Å². The molecule has 5 heteroatoms. The summed E-state index contributed by atoms with van der Waals surface area (Å²) in [4.78, 5) is 4.02. The molecule has 0 unspecified atom stereocenters. The van der Waals surface area contributed by atoms with Crippen LogP contribution in [0, 0.1) is 0 Å². The molecule has 2 aromatic rings. The normalized spacial score (nSPS) is 10.6. The first-order valence-corrected chi connectivity index (χ1v) is 5.47. The number of hydrogen-bond donors (Lipinski definition) is 1. The Labute approximate surface area is 100 Å². The van der Waals surface area contributed by atoms with Crippen molar-refractivity contribution in [2.45, 2.75) is 6.54 Å². The van der Waals surface area contributed by atoms with E-state index in [-0.39, 0.29) is 0 Å². The molecule has 78 valence electrons. The van der Waals surface area contributed by atoms with Gasteiger partial charge in [-0.3, -0.25) is 0 Å². The van der Waals surface area contributed by atoms with E-state index in [0.717, 1.165) is 15.7 Å². The van der Waals surface area contributed by atoms with Crippen molar-refractivity contribution in [3.63, 3.8) is 0 Å². The summed E-state index contributed by atoms with van der Waals surface area (Å²) < 4.78 is 6.12. The number of hydrogen-bond acceptors (Lipinski definition) is 3. The molecule has 0 fully saturated rings. The number of halogens is 2. The molecule has 3 nitrogen and oxygen atoms in total. The predicted octanol–water partition coefficient (Wildman–Crippen LogP) is 3.22. The van der Waals surface area contributed by atoms with E-state index in [1.807, 2.05) is 18.2 Å². The first-order valence-electron chi connectivity index (χ1n) is 4.30. The molecule has 0 atom stereocenters. The monoisotopic (exact) mass is 286 g/mol. The van der Waals surface area contributed by atoms with Crippen molar-refractivity contribution < 1.29 is 4.42 Å². The smallest absolute Gasteiger partial charge is 0.181 e. The van der Waals surface area contributed by atoms with Gasteiger partial charge in [-0.2, -0.15) is 0 Å². The summed E-state index contributed by atoms with van der Waals surface area (Å²) in [5.74, 6) is 0.673. The van der Waals surface area contributed by atoms with E-state index in [0.29, 0.717) is 17.3 Å². The maximum Gasteiger partial charge on any atom is 0.181 e. The molecule has 0 amide bonds. The number of aromatic nitrogens is 1. The van der Waals surface area contributed by atoms with Crippen molar-refractivity contribution in [2.75, 3.05) is 0 Å². The van der Waals surface area contributed by atoms with Gasteiger partial charge in [0.05, 0.1) is 5.02 Å². The second kappa shape index (κ2) is 4.35. The molecule has 0 saturated carbocycles. The fourth-order valence-electron chi connectivity index (χ4n) is 1.29. The molecular formula is C10H8BrClN2O. The average Bonchev–Trinajstić information content (AvgIpc) is 2.70. The molecule has 1 heterocycles. The Morgan fingerprint density at radius 1 is 1.47 bits per heavy atom. The van der Waals surface area contributed by atoms with Crippen LogP contribution in [-0.4, -0.2) is 4.98 Å². The van der Waals surface area contributed by atoms with Crippen LogP contribution in [0.4, 0.5) is 0 Å².